The predicted molar refractivity (Wildman–Crippen MR) is 47.5 cm³/mol. The van der Waals surface area contributed by atoms with Crippen LogP contribution in [0.4, 0.5) is 0 Å². The number of ketones is 1. The van der Waals surface area contributed by atoms with Gasteiger partial charge in [0, 0.05) is 13.3 Å². The van der Waals surface area contributed by atoms with E-state index < -0.39 is 0 Å². The Morgan fingerprint density at radius 3 is 2.92 bits per heavy atom. The third kappa shape index (κ3) is 1.91. The van der Waals surface area contributed by atoms with Gasteiger partial charge in [0.2, 0.25) is 5.89 Å². The Kier molecular flexibility index (Phi) is 2.35. The van der Waals surface area contributed by atoms with Gasteiger partial charge in [-0.05, 0) is 12.8 Å². The van der Waals surface area contributed by atoms with Gasteiger partial charge in [-0.15, -0.1) is 10.2 Å². The van der Waals surface area contributed by atoms with E-state index in [-0.39, 0.29) is 5.25 Å². The molecule has 0 aromatic carbocycles. The first-order chi connectivity index (χ1) is 6.25. The van der Waals surface area contributed by atoms with Gasteiger partial charge in [-0.2, -0.15) is 0 Å². The van der Waals surface area contributed by atoms with Crippen molar-refractivity contribution >= 4 is 17.5 Å². The number of nitrogens with zero attached hydrogens (tertiary/aromatic N) is 2. The zero-order chi connectivity index (χ0) is 9.26. The van der Waals surface area contributed by atoms with Gasteiger partial charge in [-0.1, -0.05) is 11.8 Å². The molecule has 2 rings (SSSR count). The van der Waals surface area contributed by atoms with Gasteiger partial charge in [0.1, 0.15) is 5.78 Å². The number of thioether (sulfide) groups is 1. The highest BCUT2D eigenvalue weighted by atomic mass is 32.2. The topological polar surface area (TPSA) is 56.0 Å². The van der Waals surface area contributed by atoms with Crippen LogP contribution < -0.4 is 0 Å². The molecule has 1 atom stereocenters. The van der Waals surface area contributed by atoms with Crippen LogP contribution in [0.3, 0.4) is 0 Å². The van der Waals surface area contributed by atoms with Crippen molar-refractivity contribution in [1.29, 1.82) is 0 Å². The molecule has 0 bridgehead atoms. The molecule has 0 amide bonds. The Hall–Kier alpha value is -0.840. The molecular formula is C8H10N2O2S. The first kappa shape index (κ1) is 8.74. The van der Waals surface area contributed by atoms with Gasteiger partial charge in [0.25, 0.3) is 5.22 Å². The van der Waals surface area contributed by atoms with Crippen LogP contribution in [-0.2, 0) is 4.79 Å². The zero-order valence-corrected chi connectivity index (χ0v) is 8.13. The van der Waals surface area contributed by atoms with E-state index in [1.165, 1.54) is 11.8 Å². The van der Waals surface area contributed by atoms with Crippen molar-refractivity contribution in [3.63, 3.8) is 0 Å². The summed E-state index contributed by atoms with van der Waals surface area (Å²) in [6.45, 7) is 1.74. The highest BCUT2D eigenvalue weighted by molar-refractivity contribution is 8.00. The van der Waals surface area contributed by atoms with Crippen LogP contribution in [0.2, 0.25) is 0 Å². The summed E-state index contributed by atoms with van der Waals surface area (Å²) < 4.78 is 5.18. The van der Waals surface area contributed by atoms with Crippen molar-refractivity contribution in [3.8, 4) is 0 Å². The van der Waals surface area contributed by atoms with Gasteiger partial charge in [0.05, 0.1) is 5.25 Å². The van der Waals surface area contributed by atoms with Gasteiger partial charge in [0.15, 0.2) is 0 Å². The summed E-state index contributed by atoms with van der Waals surface area (Å²) in [7, 11) is 0. The molecule has 1 aromatic heterocycles. The first-order valence-corrected chi connectivity index (χ1v) is 5.13. The number of aromatic nitrogens is 2. The Morgan fingerprint density at radius 2 is 2.38 bits per heavy atom. The molecule has 0 spiro atoms. The minimum Gasteiger partial charge on any atom is -0.416 e. The molecule has 1 aromatic rings. The summed E-state index contributed by atoms with van der Waals surface area (Å²) in [6, 6.07) is 0. The van der Waals surface area contributed by atoms with Gasteiger partial charge in [-0.3, -0.25) is 4.79 Å². The monoisotopic (exact) mass is 198 g/mol. The van der Waals surface area contributed by atoms with Crippen LogP contribution >= 0.6 is 11.8 Å². The second-order valence-corrected chi connectivity index (χ2v) is 4.21. The fourth-order valence-electron chi connectivity index (χ4n) is 1.36. The third-order valence-electron chi connectivity index (χ3n) is 2.00. The average molecular weight is 198 g/mol. The van der Waals surface area contributed by atoms with E-state index in [0.29, 0.717) is 23.3 Å². The summed E-state index contributed by atoms with van der Waals surface area (Å²) in [4.78, 5) is 11.3. The van der Waals surface area contributed by atoms with Crippen molar-refractivity contribution in [3.05, 3.63) is 5.89 Å². The highest BCUT2D eigenvalue weighted by Gasteiger charge is 2.27. The molecule has 1 fully saturated rings. The molecule has 13 heavy (non-hydrogen) atoms. The molecule has 1 saturated carbocycles. The van der Waals surface area contributed by atoms with Gasteiger partial charge >= 0.3 is 0 Å². The number of hydrogen-bond acceptors (Lipinski definition) is 5. The lowest BCUT2D eigenvalue weighted by molar-refractivity contribution is -0.116. The minimum atomic E-state index is 0.0415. The predicted octanol–water partition coefficient (Wildman–Crippen LogP) is 1.59. The maximum absolute atomic E-state index is 11.3. The van der Waals surface area contributed by atoms with E-state index in [0.717, 1.165) is 12.8 Å². The van der Waals surface area contributed by atoms with Crippen LogP contribution in [0.5, 0.6) is 0 Å². The molecule has 5 heteroatoms. The Bertz CT molecular complexity index is 324. The van der Waals surface area contributed by atoms with E-state index in [2.05, 4.69) is 10.2 Å². The van der Waals surface area contributed by atoms with Crippen LogP contribution in [0.15, 0.2) is 9.64 Å². The maximum Gasteiger partial charge on any atom is 0.277 e. The standard InChI is InChI=1S/C8H10N2O2S/c1-5-9-10-8(12-5)13-7-4-2-3-6(7)11/h7H,2-4H2,1H3. The van der Waals surface area contributed by atoms with Crippen LogP contribution in [0.1, 0.15) is 25.2 Å². The summed E-state index contributed by atoms with van der Waals surface area (Å²) in [6.07, 6.45) is 2.62. The molecule has 4 nitrogen and oxygen atoms in total. The molecule has 0 N–H and O–H groups in total. The smallest absolute Gasteiger partial charge is 0.277 e. The molecular weight excluding hydrogens is 188 g/mol. The summed E-state index contributed by atoms with van der Waals surface area (Å²) >= 11 is 1.39. The van der Waals surface area contributed by atoms with Crippen LogP contribution in [-0.4, -0.2) is 21.2 Å². The fraction of sp³-hybridized carbons (Fsp3) is 0.625. The van der Waals surface area contributed by atoms with Gasteiger partial charge in [-0.25, -0.2) is 0 Å². The third-order valence-corrected chi connectivity index (χ3v) is 3.15. The number of Topliss-reactive ketones (excluding diaryl/α,β-unsaturated/α-hetero) is 1. The normalized spacial score (nSPS) is 22.5. The van der Waals surface area contributed by atoms with Crippen molar-refractivity contribution < 1.29 is 9.21 Å². The SMILES string of the molecule is Cc1nnc(SC2CCCC2=O)o1. The fourth-order valence-corrected chi connectivity index (χ4v) is 2.39. The quantitative estimate of drug-likeness (QED) is 0.722. The number of rotatable bonds is 2. The molecule has 1 aliphatic rings. The number of hydrogen-bond donors (Lipinski definition) is 0. The molecule has 0 radical (unpaired) electrons. The second-order valence-electron chi connectivity index (χ2n) is 3.05. The molecule has 0 aliphatic heterocycles. The Labute approximate surface area is 80.1 Å². The first-order valence-electron chi connectivity index (χ1n) is 4.25. The van der Waals surface area contributed by atoms with Crippen molar-refractivity contribution in [1.82, 2.24) is 10.2 Å². The van der Waals surface area contributed by atoms with E-state index in [1.807, 2.05) is 0 Å². The summed E-state index contributed by atoms with van der Waals surface area (Å²) in [5.74, 6) is 0.855. The Morgan fingerprint density at radius 1 is 1.54 bits per heavy atom. The number of carbonyl (C=O) groups excluding carboxylic acids is 1. The van der Waals surface area contributed by atoms with E-state index >= 15 is 0 Å². The van der Waals surface area contributed by atoms with Crippen molar-refractivity contribution in [2.45, 2.75) is 36.7 Å². The zero-order valence-electron chi connectivity index (χ0n) is 7.32. The largest absolute Gasteiger partial charge is 0.416 e. The van der Waals surface area contributed by atoms with E-state index in [1.54, 1.807) is 6.92 Å². The average Bonchev–Trinajstić information content (AvgIpc) is 2.64. The van der Waals surface area contributed by atoms with Crippen LogP contribution in [0, 0.1) is 6.92 Å². The maximum atomic E-state index is 11.3. The number of aryl methyl sites for hydroxylation is 1. The van der Waals surface area contributed by atoms with Crippen molar-refractivity contribution in [2.75, 3.05) is 0 Å². The summed E-state index contributed by atoms with van der Waals surface area (Å²) in [5, 5.41) is 8.10. The van der Waals surface area contributed by atoms with E-state index in [4.69, 9.17) is 4.42 Å². The number of carbonyl (C=O) groups is 1. The van der Waals surface area contributed by atoms with E-state index in [9.17, 15) is 4.79 Å². The highest BCUT2D eigenvalue weighted by Crippen LogP contribution is 2.31. The minimum absolute atomic E-state index is 0.0415. The van der Waals surface area contributed by atoms with Gasteiger partial charge < -0.3 is 4.42 Å². The Balaban J connectivity index is 2.01. The molecule has 0 saturated heterocycles. The lowest BCUT2D eigenvalue weighted by Crippen LogP contribution is -2.07. The lowest BCUT2D eigenvalue weighted by Gasteiger charge is -2.01. The van der Waals surface area contributed by atoms with Crippen LogP contribution in [0.25, 0.3) is 0 Å². The lowest BCUT2D eigenvalue weighted by atomic mass is 10.3. The van der Waals surface area contributed by atoms with Crippen molar-refractivity contribution in [2.24, 2.45) is 0 Å². The molecule has 1 aliphatic carbocycles. The molecule has 1 unspecified atom stereocenters. The summed E-state index contributed by atoms with van der Waals surface area (Å²) in [5.41, 5.74) is 0. The molecule has 70 valence electrons. The molecule has 1 heterocycles. The second kappa shape index (κ2) is 3.49.